The molecule has 0 aliphatic carbocycles. The molecule has 0 spiro atoms. The number of alkyl halides is 6. The van der Waals surface area contributed by atoms with Gasteiger partial charge >= 0.3 is 34.9 Å². The Bertz CT molecular complexity index is 668. The zero-order valence-corrected chi connectivity index (χ0v) is 18.0. The number of halogens is 6. The van der Waals surface area contributed by atoms with Crippen LogP contribution in [0.25, 0.3) is 0 Å². The molecule has 0 bridgehead atoms. The van der Waals surface area contributed by atoms with Crippen LogP contribution in [0.15, 0.2) is 0 Å². The van der Waals surface area contributed by atoms with Gasteiger partial charge in [0, 0.05) is 6.42 Å². The highest BCUT2D eigenvalue weighted by Gasteiger charge is 2.79. The molecule has 0 radical (unpaired) electrons. The lowest BCUT2D eigenvalue weighted by atomic mass is 10.1. The fraction of sp³-hybridized carbons (Fsp3) is 1.00. The first-order valence-electron chi connectivity index (χ1n) is 8.82. The lowest BCUT2D eigenvalue weighted by Gasteiger charge is -2.46. The van der Waals surface area contributed by atoms with Crippen LogP contribution in [-0.2, 0) is 19.7 Å². The van der Waals surface area contributed by atoms with Crippen LogP contribution in [0.2, 0.25) is 0 Å². The summed E-state index contributed by atoms with van der Waals surface area (Å²) in [7, 11) is -11.9. The minimum Gasteiger partial charge on any atom is -0.298 e. The van der Waals surface area contributed by atoms with Gasteiger partial charge in [0.15, 0.2) is 0 Å². The first kappa shape index (κ1) is 27.4. The van der Waals surface area contributed by atoms with Crippen LogP contribution < -0.4 is 0 Å². The summed E-state index contributed by atoms with van der Waals surface area (Å²) >= 11 is 0. The largest absolute Gasteiger partial charge is 0.504 e. The number of nitrogens with zero attached hydrogens (tertiary/aromatic N) is 1. The molecule has 0 fully saturated rings. The van der Waals surface area contributed by atoms with Gasteiger partial charge in [0.05, 0.1) is 20.6 Å². The molecule has 13 heteroatoms. The van der Waals surface area contributed by atoms with E-state index in [1.54, 1.807) is 13.8 Å². The van der Waals surface area contributed by atoms with E-state index < -0.39 is 58.8 Å². The molecule has 0 rings (SSSR count). The van der Waals surface area contributed by atoms with Crippen molar-refractivity contribution < 1.29 is 47.7 Å². The molecule has 0 aliphatic rings. The summed E-state index contributed by atoms with van der Waals surface area (Å²) in [5, 5.41) is 0. The summed E-state index contributed by atoms with van der Waals surface area (Å²) in [5.41, 5.74) is -12.3. The van der Waals surface area contributed by atoms with Crippen molar-refractivity contribution in [1.29, 1.82) is 0 Å². The standard InChI is InChI=1S/C15H28F6NO4S2/c1-5-7-9-11-13(27(23,24)14(16,17)18,28(25,26)15(19,20)21)22(3,4)12-10-8-6-2/h5-12H2,1-4H3/q+1. The second kappa shape index (κ2) is 9.07. The minimum absolute atomic E-state index is 0.0692. The van der Waals surface area contributed by atoms with Gasteiger partial charge in [-0.2, -0.15) is 26.3 Å². The molecule has 0 unspecified atom stereocenters. The Hall–Kier alpha value is -0.560. The van der Waals surface area contributed by atoms with Crippen LogP contribution in [0.5, 0.6) is 0 Å². The Morgan fingerprint density at radius 1 is 0.679 bits per heavy atom. The fourth-order valence-electron chi connectivity index (χ4n) is 3.25. The second-order valence-corrected chi connectivity index (χ2v) is 11.7. The summed E-state index contributed by atoms with van der Waals surface area (Å²) in [6.07, 6.45) is -0.277. The van der Waals surface area contributed by atoms with Crippen molar-refractivity contribution >= 4 is 19.7 Å². The topological polar surface area (TPSA) is 68.3 Å². The average molecular weight is 465 g/mol. The minimum atomic E-state index is -6.75. The van der Waals surface area contributed by atoms with Crippen molar-refractivity contribution in [1.82, 2.24) is 0 Å². The molecule has 28 heavy (non-hydrogen) atoms. The summed E-state index contributed by atoms with van der Waals surface area (Å²) in [4.78, 5) is 0. The number of unbranched alkanes of at least 4 members (excludes halogenated alkanes) is 4. The molecule has 5 nitrogen and oxygen atoms in total. The lowest BCUT2D eigenvalue weighted by molar-refractivity contribution is -0.912. The summed E-state index contributed by atoms with van der Waals surface area (Å²) in [5.74, 6) is 0. The van der Waals surface area contributed by atoms with Gasteiger partial charge in [-0.05, 0) is 19.3 Å². The Balaban J connectivity index is 7.08. The van der Waals surface area contributed by atoms with E-state index in [1.807, 2.05) is 0 Å². The highest BCUT2D eigenvalue weighted by Crippen LogP contribution is 2.50. The number of rotatable bonds is 11. The van der Waals surface area contributed by atoms with Gasteiger partial charge in [0.1, 0.15) is 0 Å². The maximum absolute atomic E-state index is 13.4. The van der Waals surface area contributed by atoms with Gasteiger partial charge < -0.3 is 0 Å². The highest BCUT2D eigenvalue weighted by atomic mass is 32.3. The van der Waals surface area contributed by atoms with Crippen molar-refractivity contribution in [2.24, 2.45) is 0 Å². The molecule has 0 aromatic carbocycles. The number of hydrogen-bond acceptors (Lipinski definition) is 4. The van der Waals surface area contributed by atoms with E-state index >= 15 is 0 Å². The Morgan fingerprint density at radius 3 is 1.36 bits per heavy atom. The maximum Gasteiger partial charge on any atom is 0.504 e. The summed E-state index contributed by atoms with van der Waals surface area (Å²) in [6.45, 7) is 2.84. The van der Waals surface area contributed by atoms with E-state index in [-0.39, 0.29) is 12.8 Å². The van der Waals surface area contributed by atoms with Crippen molar-refractivity contribution in [2.45, 2.75) is 74.0 Å². The first-order valence-corrected chi connectivity index (χ1v) is 11.8. The molecule has 0 atom stereocenters. The molecular weight excluding hydrogens is 436 g/mol. The third kappa shape index (κ3) is 4.77. The van der Waals surface area contributed by atoms with Crippen LogP contribution >= 0.6 is 0 Å². The lowest BCUT2D eigenvalue weighted by Crippen LogP contribution is -2.72. The van der Waals surface area contributed by atoms with E-state index in [1.165, 1.54) is 0 Å². The van der Waals surface area contributed by atoms with Crippen LogP contribution in [-0.4, -0.2) is 57.2 Å². The zero-order valence-electron chi connectivity index (χ0n) is 16.3. The van der Waals surface area contributed by atoms with Crippen molar-refractivity contribution in [3.63, 3.8) is 0 Å². The second-order valence-electron chi connectivity index (χ2n) is 7.18. The van der Waals surface area contributed by atoms with Gasteiger partial charge in [0.25, 0.3) is 0 Å². The SMILES string of the molecule is CCCCCC([N+](C)(C)CCCCC)(S(=O)(=O)C(F)(F)F)S(=O)(=O)C(F)(F)F. The Labute approximate surface area is 162 Å². The van der Waals surface area contributed by atoms with Crippen molar-refractivity contribution in [3.8, 4) is 0 Å². The predicted molar refractivity (Wildman–Crippen MR) is 93.3 cm³/mol. The monoisotopic (exact) mass is 464 g/mol. The quantitative estimate of drug-likeness (QED) is 0.259. The molecule has 0 saturated heterocycles. The Morgan fingerprint density at radius 2 is 1.04 bits per heavy atom. The van der Waals surface area contributed by atoms with Crippen LogP contribution in [0.4, 0.5) is 26.3 Å². The van der Waals surface area contributed by atoms with Crippen LogP contribution in [0.1, 0.15) is 58.8 Å². The predicted octanol–water partition coefficient (Wildman–Crippen LogP) is 4.36. The highest BCUT2D eigenvalue weighted by molar-refractivity contribution is 8.10. The molecule has 0 N–H and O–H groups in total. The fourth-order valence-corrected chi connectivity index (χ4v) is 8.01. The van der Waals surface area contributed by atoms with Gasteiger partial charge in [0.2, 0.25) is 0 Å². The molecule has 0 saturated carbocycles. The smallest absolute Gasteiger partial charge is 0.298 e. The number of hydrogen-bond donors (Lipinski definition) is 0. The van der Waals surface area contributed by atoms with Crippen molar-refractivity contribution in [3.05, 3.63) is 0 Å². The molecule has 0 amide bonds. The summed E-state index contributed by atoms with van der Waals surface area (Å²) < 4.78 is 125. The molecule has 0 aromatic heterocycles. The number of quaternary nitrogens is 1. The van der Waals surface area contributed by atoms with E-state index in [9.17, 15) is 43.2 Å². The summed E-state index contributed by atoms with van der Waals surface area (Å²) in [6, 6.07) is 0. The van der Waals surface area contributed by atoms with E-state index in [2.05, 4.69) is 0 Å². The molecule has 0 aromatic rings. The van der Waals surface area contributed by atoms with Crippen LogP contribution in [0, 0.1) is 0 Å². The molecule has 0 aliphatic heterocycles. The third-order valence-electron chi connectivity index (χ3n) is 4.79. The van der Waals surface area contributed by atoms with Crippen LogP contribution in [0.3, 0.4) is 0 Å². The van der Waals surface area contributed by atoms with Crippen molar-refractivity contribution in [2.75, 3.05) is 20.6 Å². The molecule has 0 heterocycles. The first-order chi connectivity index (χ1) is 12.4. The normalized spacial score (nSPS) is 15.1. The van der Waals surface area contributed by atoms with Gasteiger partial charge in [-0.15, -0.1) is 0 Å². The Kier molecular flexibility index (Phi) is 8.89. The zero-order chi connectivity index (χ0) is 22.7. The molecular formula is C15H28F6NO4S2+. The average Bonchev–Trinajstić information content (AvgIpc) is 2.48. The van der Waals surface area contributed by atoms with E-state index in [0.717, 1.165) is 14.1 Å². The van der Waals surface area contributed by atoms with E-state index in [4.69, 9.17) is 0 Å². The van der Waals surface area contributed by atoms with Gasteiger partial charge in [-0.25, -0.2) is 16.8 Å². The third-order valence-corrected chi connectivity index (χ3v) is 10.4. The maximum atomic E-state index is 13.4. The molecule has 170 valence electrons. The van der Waals surface area contributed by atoms with E-state index in [0.29, 0.717) is 19.3 Å². The number of sulfone groups is 2. The van der Waals surface area contributed by atoms with Gasteiger partial charge in [-0.1, -0.05) is 33.1 Å². The van der Waals surface area contributed by atoms with Gasteiger partial charge in [-0.3, -0.25) is 4.48 Å².